The average molecular weight is 774 g/mol. The van der Waals surface area contributed by atoms with E-state index >= 15 is 0 Å². The summed E-state index contributed by atoms with van der Waals surface area (Å²) in [4.78, 5) is 20.5. The summed E-state index contributed by atoms with van der Waals surface area (Å²) < 4.78 is 58.4. The van der Waals surface area contributed by atoms with E-state index in [1.807, 2.05) is 18.7 Å². The lowest BCUT2D eigenvalue weighted by molar-refractivity contribution is -0.0232. The van der Waals surface area contributed by atoms with E-state index in [1.165, 1.54) is 0 Å². The minimum Gasteiger partial charge on any atom is -0.390 e. The number of aromatic nitrogens is 8. The lowest BCUT2D eigenvalue weighted by Crippen LogP contribution is -2.62. The van der Waals surface area contributed by atoms with Gasteiger partial charge in [-0.2, -0.15) is 10.2 Å². The van der Waals surface area contributed by atoms with Gasteiger partial charge in [-0.3, -0.25) is 10.2 Å². The summed E-state index contributed by atoms with van der Waals surface area (Å²) in [6.45, 7) is 8.19. The molecule has 6 aromatic rings. The number of H-pyrrole nitrogens is 2. The molecular weight excluding hydrogens is 730 g/mol. The second-order valence-corrected chi connectivity index (χ2v) is 15.4. The number of aliphatic hydroxyl groups is 2. The molecule has 2 aliphatic heterocycles. The Morgan fingerprint density at radius 2 is 1.34 bits per heavy atom. The largest absolute Gasteiger partial charge is 0.390 e. The van der Waals surface area contributed by atoms with E-state index in [2.05, 4.69) is 45.6 Å². The van der Waals surface area contributed by atoms with Crippen molar-refractivity contribution in [2.24, 2.45) is 11.8 Å². The van der Waals surface area contributed by atoms with Crippen LogP contribution in [0.1, 0.15) is 46.5 Å². The van der Waals surface area contributed by atoms with Gasteiger partial charge in [0, 0.05) is 73.9 Å². The molecule has 8 heterocycles. The number of anilines is 2. The highest BCUT2D eigenvalue weighted by atomic mass is 19.1. The molecule has 9 rings (SSSR count). The monoisotopic (exact) mass is 773 g/mol. The SMILES string of the molecule is CC(C)C(C)(O)C1CN(c2nc(-c3[nH]nc4ncccc34)c(F)cc2F)CCN1.OC1([C@H]2CCCN(c3nc(-c4[nH]nc5ncccc45)c(F)cc3F)C2)CC1. The standard InChI is InChI=1S/C20H24F2N6O.C19H19F2N5O/c1-11(2)20(3,29)15-10-28(8-7-23-15)19-14(22)9-13(21)17(25-19)16-12-5-4-6-24-18(12)27-26-16;20-13-9-14(21)18(26-8-2-3-11(10-26)19(27)5-6-19)23-16(13)15-12-4-1-7-22-17(12)25-24-15/h4-6,9,11,15,23,29H,7-8,10H2,1-3H3,(H,24,26,27);1,4,7,9,11,27H,2-3,5-6,8,10H2,(H,22,24,25)/t;11-/m.0/s1. The van der Waals surface area contributed by atoms with Crippen molar-refractivity contribution >= 4 is 33.7 Å². The van der Waals surface area contributed by atoms with E-state index in [-0.39, 0.29) is 40.9 Å². The third-order valence-electron chi connectivity index (χ3n) is 11.5. The number of hydrogen-bond donors (Lipinski definition) is 5. The maximum atomic E-state index is 14.7. The van der Waals surface area contributed by atoms with E-state index in [1.54, 1.807) is 48.5 Å². The highest BCUT2D eigenvalue weighted by molar-refractivity contribution is 5.90. The zero-order chi connectivity index (χ0) is 39.4. The summed E-state index contributed by atoms with van der Waals surface area (Å²) in [6.07, 6.45) is 6.54. The predicted octanol–water partition coefficient (Wildman–Crippen LogP) is 5.52. The van der Waals surface area contributed by atoms with Crippen LogP contribution in [0.2, 0.25) is 0 Å². The molecule has 13 nitrogen and oxygen atoms in total. The van der Waals surface area contributed by atoms with Gasteiger partial charge >= 0.3 is 0 Å². The molecule has 3 fully saturated rings. The van der Waals surface area contributed by atoms with Crippen LogP contribution in [-0.2, 0) is 0 Å². The smallest absolute Gasteiger partial charge is 0.181 e. The second-order valence-electron chi connectivity index (χ2n) is 15.4. The molecular formula is C39H43F4N11O2. The Bertz CT molecular complexity index is 2380. The van der Waals surface area contributed by atoms with Crippen molar-refractivity contribution < 1.29 is 27.8 Å². The Morgan fingerprint density at radius 3 is 1.86 bits per heavy atom. The van der Waals surface area contributed by atoms with Gasteiger partial charge in [0.15, 0.2) is 46.2 Å². The summed E-state index contributed by atoms with van der Waals surface area (Å²) >= 11 is 0. The summed E-state index contributed by atoms with van der Waals surface area (Å²) in [5.41, 5.74) is 0.0287. The van der Waals surface area contributed by atoms with Crippen molar-refractivity contribution in [3.8, 4) is 22.8 Å². The Morgan fingerprint density at radius 1 is 0.804 bits per heavy atom. The molecule has 5 N–H and O–H groups in total. The van der Waals surface area contributed by atoms with Crippen LogP contribution in [0, 0.1) is 35.1 Å². The summed E-state index contributed by atoms with van der Waals surface area (Å²) in [7, 11) is 0. The van der Waals surface area contributed by atoms with E-state index in [4.69, 9.17) is 0 Å². The zero-order valence-electron chi connectivity index (χ0n) is 31.2. The van der Waals surface area contributed by atoms with Gasteiger partial charge < -0.3 is 25.3 Å². The fourth-order valence-electron chi connectivity index (χ4n) is 7.65. The topological polar surface area (TPSA) is 168 Å². The molecule has 56 heavy (non-hydrogen) atoms. The van der Waals surface area contributed by atoms with Crippen molar-refractivity contribution in [3.05, 3.63) is 72.1 Å². The van der Waals surface area contributed by atoms with Crippen molar-refractivity contribution in [3.63, 3.8) is 0 Å². The van der Waals surface area contributed by atoms with Gasteiger partial charge in [-0.05, 0) is 62.8 Å². The molecule has 2 saturated heterocycles. The van der Waals surface area contributed by atoms with Gasteiger partial charge in [0.05, 0.1) is 28.6 Å². The van der Waals surface area contributed by atoms with E-state index in [9.17, 15) is 27.8 Å². The van der Waals surface area contributed by atoms with Gasteiger partial charge in [0.25, 0.3) is 0 Å². The number of pyridine rings is 4. The molecule has 0 radical (unpaired) electrons. The van der Waals surface area contributed by atoms with Crippen LogP contribution < -0.4 is 15.1 Å². The molecule has 0 amide bonds. The minimum absolute atomic E-state index is 0.00499. The normalized spacial score (nSPS) is 20.6. The van der Waals surface area contributed by atoms with Crippen LogP contribution >= 0.6 is 0 Å². The van der Waals surface area contributed by atoms with E-state index in [0.29, 0.717) is 66.2 Å². The Kier molecular flexibility index (Phi) is 9.87. The third kappa shape index (κ3) is 7.03. The molecule has 6 aromatic heterocycles. The third-order valence-corrected chi connectivity index (χ3v) is 11.5. The number of nitrogens with zero attached hydrogens (tertiary/aromatic N) is 8. The van der Waals surface area contributed by atoms with Gasteiger partial charge in [0.1, 0.15) is 11.4 Å². The highest BCUT2D eigenvalue weighted by Crippen LogP contribution is 2.46. The van der Waals surface area contributed by atoms with Crippen molar-refractivity contribution in [2.75, 3.05) is 42.5 Å². The Hall–Kier alpha value is -5.26. The molecule has 1 saturated carbocycles. The number of rotatable bonds is 7. The quantitative estimate of drug-likeness (QED) is 0.130. The molecule has 0 bridgehead atoms. The number of hydrogen-bond acceptors (Lipinski definition) is 11. The van der Waals surface area contributed by atoms with Crippen LogP contribution in [0.3, 0.4) is 0 Å². The van der Waals surface area contributed by atoms with Crippen molar-refractivity contribution in [1.82, 2.24) is 45.6 Å². The van der Waals surface area contributed by atoms with Crippen molar-refractivity contribution in [2.45, 2.75) is 63.7 Å². The van der Waals surface area contributed by atoms with Crippen molar-refractivity contribution in [1.29, 1.82) is 0 Å². The minimum atomic E-state index is -0.983. The average Bonchev–Trinajstić information content (AvgIpc) is 3.59. The lowest BCUT2D eigenvalue weighted by atomic mass is 9.84. The first-order valence-corrected chi connectivity index (χ1v) is 18.8. The highest BCUT2D eigenvalue weighted by Gasteiger charge is 2.49. The molecule has 294 valence electrons. The van der Waals surface area contributed by atoms with Gasteiger partial charge in [-0.15, -0.1) is 0 Å². The number of fused-ring (bicyclic) bond motifs is 2. The number of nitrogens with one attached hydrogen (secondary N) is 3. The lowest BCUT2D eigenvalue weighted by Gasteiger charge is -2.43. The number of aromatic amines is 2. The Labute approximate surface area is 319 Å². The maximum Gasteiger partial charge on any atom is 0.181 e. The fraction of sp³-hybridized carbons (Fsp3) is 0.436. The van der Waals surface area contributed by atoms with Crippen LogP contribution in [0.4, 0.5) is 29.2 Å². The molecule has 3 aliphatic rings. The molecule has 0 spiro atoms. The molecule has 17 heteroatoms. The van der Waals surface area contributed by atoms with E-state index in [0.717, 1.165) is 37.8 Å². The first-order valence-electron chi connectivity index (χ1n) is 18.8. The zero-order valence-corrected chi connectivity index (χ0v) is 31.2. The summed E-state index contributed by atoms with van der Waals surface area (Å²) in [5, 5.41) is 39.5. The van der Waals surface area contributed by atoms with Crippen LogP contribution in [0.15, 0.2) is 48.8 Å². The fourth-order valence-corrected chi connectivity index (χ4v) is 7.65. The number of piperidine rings is 1. The first kappa shape index (κ1) is 37.7. The molecule has 0 aromatic carbocycles. The molecule has 2 unspecified atom stereocenters. The first-order chi connectivity index (χ1) is 26.8. The Balaban J connectivity index is 0.000000158. The van der Waals surface area contributed by atoms with E-state index < -0.39 is 34.5 Å². The maximum absolute atomic E-state index is 14.7. The van der Waals surface area contributed by atoms with Crippen LogP contribution in [0.25, 0.3) is 44.8 Å². The summed E-state index contributed by atoms with van der Waals surface area (Å²) in [5.74, 6) is -2.68. The van der Waals surface area contributed by atoms with Crippen LogP contribution in [0.5, 0.6) is 0 Å². The molecule has 1 aliphatic carbocycles. The number of halogens is 4. The molecule has 3 atom stereocenters. The van der Waals surface area contributed by atoms with Gasteiger partial charge in [-0.25, -0.2) is 37.5 Å². The summed E-state index contributed by atoms with van der Waals surface area (Å²) in [6, 6.07) is 8.42. The van der Waals surface area contributed by atoms with Crippen LogP contribution in [-0.4, -0.2) is 101 Å². The number of piperazine rings is 1. The van der Waals surface area contributed by atoms with Gasteiger partial charge in [-0.1, -0.05) is 13.8 Å². The predicted molar refractivity (Wildman–Crippen MR) is 203 cm³/mol. The van der Waals surface area contributed by atoms with Gasteiger partial charge in [0.2, 0.25) is 0 Å². The second kappa shape index (κ2) is 14.7.